The largest absolute Gasteiger partial charge is 0.496 e. The highest BCUT2D eigenvalue weighted by molar-refractivity contribution is 6.30. The summed E-state index contributed by atoms with van der Waals surface area (Å²) >= 11 is 6.00. The molecule has 0 fully saturated rings. The fourth-order valence-corrected chi connectivity index (χ4v) is 2.07. The van der Waals surface area contributed by atoms with Crippen molar-refractivity contribution >= 4 is 11.6 Å². The minimum Gasteiger partial charge on any atom is -0.496 e. The van der Waals surface area contributed by atoms with E-state index >= 15 is 0 Å². The van der Waals surface area contributed by atoms with Gasteiger partial charge in [-0.3, -0.25) is 5.84 Å². The first-order chi connectivity index (χ1) is 7.72. The predicted octanol–water partition coefficient (Wildman–Crippen LogP) is 2.46. The molecule has 0 spiro atoms. The summed E-state index contributed by atoms with van der Waals surface area (Å²) in [5, 5.41) is 0.708. The number of hydrogen-bond acceptors (Lipinski definition) is 3. The lowest BCUT2D eigenvalue weighted by Gasteiger charge is -2.19. The number of hydrazine groups is 1. The summed E-state index contributed by atoms with van der Waals surface area (Å²) in [5.74, 6) is 6.47. The highest BCUT2D eigenvalue weighted by Gasteiger charge is 2.21. The monoisotopic (exact) mass is 238 g/mol. The van der Waals surface area contributed by atoms with E-state index in [2.05, 4.69) is 11.5 Å². The van der Waals surface area contributed by atoms with Crippen molar-refractivity contribution in [1.82, 2.24) is 5.43 Å². The van der Waals surface area contributed by atoms with Gasteiger partial charge in [0, 0.05) is 11.4 Å². The van der Waals surface area contributed by atoms with E-state index in [0.717, 1.165) is 29.9 Å². The number of rotatable bonds is 3. The Labute approximate surface area is 100 Å². The zero-order valence-electron chi connectivity index (χ0n) is 9.16. The van der Waals surface area contributed by atoms with Crippen LogP contribution in [0.15, 0.2) is 30.0 Å². The van der Waals surface area contributed by atoms with Crippen LogP contribution in [-0.4, -0.2) is 6.61 Å². The third-order valence-corrected chi connectivity index (χ3v) is 2.97. The molecule has 0 aromatic heterocycles. The molecule has 1 aliphatic heterocycles. The minimum atomic E-state index is -0.110. The van der Waals surface area contributed by atoms with Gasteiger partial charge in [0.05, 0.1) is 6.61 Å². The van der Waals surface area contributed by atoms with Crippen molar-refractivity contribution in [3.8, 4) is 0 Å². The number of nitrogens with two attached hydrogens (primary N) is 1. The molecule has 0 aliphatic carbocycles. The van der Waals surface area contributed by atoms with Crippen molar-refractivity contribution in [3.63, 3.8) is 0 Å². The smallest absolute Gasteiger partial charge is 0.115 e. The second-order valence-electron chi connectivity index (χ2n) is 3.84. The van der Waals surface area contributed by atoms with Gasteiger partial charge in [-0.1, -0.05) is 17.7 Å². The molecule has 16 heavy (non-hydrogen) atoms. The Morgan fingerprint density at radius 2 is 2.31 bits per heavy atom. The van der Waals surface area contributed by atoms with Crippen molar-refractivity contribution in [3.05, 3.63) is 46.2 Å². The standard InChI is InChI=1S/C12H15ClN2O/c1-8-4-5-9(13)7-10(8)12(15-14)11-3-2-6-16-11/h3-5,7,12,15H,2,6,14H2,1H3. The Bertz CT molecular complexity index is 417. The number of hydrogen-bond donors (Lipinski definition) is 2. The molecule has 0 radical (unpaired) electrons. The molecule has 0 amide bonds. The first-order valence-corrected chi connectivity index (χ1v) is 5.65. The maximum Gasteiger partial charge on any atom is 0.115 e. The van der Waals surface area contributed by atoms with Gasteiger partial charge in [0.15, 0.2) is 0 Å². The normalized spacial score (nSPS) is 16.8. The molecule has 4 heteroatoms. The zero-order chi connectivity index (χ0) is 11.5. The lowest BCUT2D eigenvalue weighted by Crippen LogP contribution is -2.30. The lowest BCUT2D eigenvalue weighted by atomic mass is 10.00. The van der Waals surface area contributed by atoms with Crippen molar-refractivity contribution in [2.24, 2.45) is 5.84 Å². The lowest BCUT2D eigenvalue weighted by molar-refractivity contribution is 0.215. The summed E-state index contributed by atoms with van der Waals surface area (Å²) < 4.78 is 5.53. The van der Waals surface area contributed by atoms with Gasteiger partial charge < -0.3 is 4.74 Å². The summed E-state index contributed by atoms with van der Waals surface area (Å²) in [6.45, 7) is 2.76. The van der Waals surface area contributed by atoms with Gasteiger partial charge in [-0.2, -0.15) is 0 Å². The Morgan fingerprint density at radius 1 is 1.50 bits per heavy atom. The van der Waals surface area contributed by atoms with Crippen LogP contribution in [0.1, 0.15) is 23.6 Å². The topological polar surface area (TPSA) is 47.3 Å². The van der Waals surface area contributed by atoms with Crippen LogP contribution < -0.4 is 11.3 Å². The molecule has 1 aromatic carbocycles. The van der Waals surface area contributed by atoms with E-state index in [9.17, 15) is 0 Å². The van der Waals surface area contributed by atoms with Crippen LogP contribution in [0.4, 0.5) is 0 Å². The summed E-state index contributed by atoms with van der Waals surface area (Å²) in [7, 11) is 0. The quantitative estimate of drug-likeness (QED) is 0.628. The molecule has 1 unspecified atom stereocenters. The van der Waals surface area contributed by atoms with Crippen molar-refractivity contribution in [1.29, 1.82) is 0 Å². The Balaban J connectivity index is 2.35. The average molecular weight is 239 g/mol. The van der Waals surface area contributed by atoms with E-state index in [1.165, 1.54) is 0 Å². The number of benzene rings is 1. The van der Waals surface area contributed by atoms with Gasteiger partial charge in [-0.05, 0) is 36.3 Å². The fraction of sp³-hybridized carbons (Fsp3) is 0.333. The van der Waals surface area contributed by atoms with Gasteiger partial charge >= 0.3 is 0 Å². The second kappa shape index (κ2) is 4.87. The summed E-state index contributed by atoms with van der Waals surface area (Å²) in [5.41, 5.74) is 4.98. The van der Waals surface area contributed by atoms with Gasteiger partial charge in [0.25, 0.3) is 0 Å². The molecule has 0 saturated carbocycles. The second-order valence-corrected chi connectivity index (χ2v) is 4.28. The third kappa shape index (κ3) is 2.21. The van der Waals surface area contributed by atoms with Gasteiger partial charge in [0.2, 0.25) is 0 Å². The van der Waals surface area contributed by atoms with E-state index in [1.54, 1.807) is 0 Å². The van der Waals surface area contributed by atoms with Gasteiger partial charge in [-0.15, -0.1) is 0 Å². The van der Waals surface area contributed by atoms with Crippen LogP contribution in [-0.2, 0) is 4.74 Å². The SMILES string of the molecule is Cc1ccc(Cl)cc1C(NN)C1=CCCO1. The molecular formula is C12H15ClN2O. The van der Waals surface area contributed by atoms with Crippen LogP contribution in [0.25, 0.3) is 0 Å². The average Bonchev–Trinajstić information content (AvgIpc) is 2.78. The molecule has 1 atom stereocenters. The Morgan fingerprint density at radius 3 is 2.94 bits per heavy atom. The molecule has 1 heterocycles. The fourth-order valence-electron chi connectivity index (χ4n) is 1.89. The molecule has 1 aliphatic rings. The van der Waals surface area contributed by atoms with Crippen molar-refractivity contribution in [2.75, 3.05) is 6.61 Å². The van der Waals surface area contributed by atoms with Crippen molar-refractivity contribution in [2.45, 2.75) is 19.4 Å². The number of nitrogens with one attached hydrogen (secondary N) is 1. The third-order valence-electron chi connectivity index (χ3n) is 2.74. The molecule has 0 bridgehead atoms. The molecule has 2 rings (SSSR count). The molecule has 86 valence electrons. The Kier molecular flexibility index (Phi) is 3.49. The molecular weight excluding hydrogens is 224 g/mol. The van der Waals surface area contributed by atoms with Gasteiger partial charge in [0.1, 0.15) is 11.8 Å². The number of ether oxygens (including phenoxy) is 1. The molecule has 1 aromatic rings. The first-order valence-electron chi connectivity index (χ1n) is 5.27. The number of halogens is 1. The van der Waals surface area contributed by atoms with E-state index in [0.29, 0.717) is 5.02 Å². The molecule has 3 nitrogen and oxygen atoms in total. The van der Waals surface area contributed by atoms with Crippen LogP contribution >= 0.6 is 11.6 Å². The van der Waals surface area contributed by atoms with E-state index < -0.39 is 0 Å². The molecule has 0 saturated heterocycles. The maximum atomic E-state index is 6.00. The number of aryl methyl sites for hydroxylation is 1. The first kappa shape index (κ1) is 11.5. The summed E-state index contributed by atoms with van der Waals surface area (Å²) in [6, 6.07) is 5.67. The zero-order valence-corrected chi connectivity index (χ0v) is 9.92. The van der Waals surface area contributed by atoms with Crippen LogP contribution in [0.3, 0.4) is 0 Å². The van der Waals surface area contributed by atoms with Crippen LogP contribution in [0.2, 0.25) is 5.02 Å². The Hall–Kier alpha value is -1.03. The minimum absolute atomic E-state index is 0.110. The van der Waals surface area contributed by atoms with E-state index in [1.807, 2.05) is 25.1 Å². The van der Waals surface area contributed by atoms with Crippen LogP contribution in [0, 0.1) is 6.92 Å². The van der Waals surface area contributed by atoms with Gasteiger partial charge in [-0.25, -0.2) is 5.43 Å². The highest BCUT2D eigenvalue weighted by Crippen LogP contribution is 2.29. The maximum absolute atomic E-state index is 6.00. The van der Waals surface area contributed by atoms with E-state index in [-0.39, 0.29) is 6.04 Å². The van der Waals surface area contributed by atoms with Crippen LogP contribution in [0.5, 0.6) is 0 Å². The summed E-state index contributed by atoms with van der Waals surface area (Å²) in [6.07, 6.45) is 3.00. The molecule has 3 N–H and O–H groups in total. The highest BCUT2D eigenvalue weighted by atomic mass is 35.5. The predicted molar refractivity (Wildman–Crippen MR) is 64.9 cm³/mol. The summed E-state index contributed by atoms with van der Waals surface area (Å²) in [4.78, 5) is 0. The van der Waals surface area contributed by atoms with Crippen molar-refractivity contribution < 1.29 is 4.74 Å². The van der Waals surface area contributed by atoms with E-state index in [4.69, 9.17) is 22.2 Å².